The van der Waals surface area contributed by atoms with Crippen LogP contribution in [0.2, 0.25) is 0 Å². The van der Waals surface area contributed by atoms with Crippen molar-refractivity contribution < 1.29 is 14.0 Å². The fourth-order valence-corrected chi connectivity index (χ4v) is 2.83. The molecule has 1 saturated heterocycles. The number of carbonyl (C=O) groups is 2. The number of aromatic nitrogens is 2. The van der Waals surface area contributed by atoms with Crippen molar-refractivity contribution in [2.45, 2.75) is 12.8 Å². The predicted octanol–water partition coefficient (Wildman–Crippen LogP) is 1.53. The summed E-state index contributed by atoms with van der Waals surface area (Å²) >= 11 is 0. The van der Waals surface area contributed by atoms with Gasteiger partial charge in [-0.1, -0.05) is 12.1 Å². The van der Waals surface area contributed by atoms with Crippen LogP contribution >= 0.6 is 0 Å². The molecule has 0 saturated carbocycles. The molecular formula is C18H19FN4O2. The molecular weight excluding hydrogens is 323 g/mol. The first kappa shape index (κ1) is 17.0. The standard InChI is InChI=1S/C18H19FN4O2/c19-15-3-1-2-14(12-15)4-5-17(24)22-8-10-23(11-9-22)18(25)16-13-20-6-7-21-16/h1-3,6-7,12-13H,4-5,8-11H2. The minimum atomic E-state index is -0.291. The lowest BCUT2D eigenvalue weighted by molar-refractivity contribution is -0.132. The molecule has 1 fully saturated rings. The van der Waals surface area contributed by atoms with Gasteiger partial charge in [0.1, 0.15) is 11.5 Å². The van der Waals surface area contributed by atoms with Crippen molar-refractivity contribution >= 4 is 11.8 Å². The number of benzene rings is 1. The van der Waals surface area contributed by atoms with Gasteiger partial charge in [-0.25, -0.2) is 9.37 Å². The van der Waals surface area contributed by atoms with E-state index in [1.165, 1.54) is 30.7 Å². The molecule has 3 rings (SSSR count). The second-order valence-electron chi connectivity index (χ2n) is 5.89. The van der Waals surface area contributed by atoms with E-state index in [2.05, 4.69) is 9.97 Å². The molecule has 1 aliphatic heterocycles. The zero-order valence-corrected chi connectivity index (χ0v) is 13.8. The molecule has 1 aromatic carbocycles. The van der Waals surface area contributed by atoms with Crippen LogP contribution in [0, 0.1) is 5.82 Å². The third-order valence-corrected chi connectivity index (χ3v) is 4.22. The maximum atomic E-state index is 13.2. The van der Waals surface area contributed by atoms with E-state index in [1.807, 2.05) is 6.07 Å². The topological polar surface area (TPSA) is 66.4 Å². The maximum Gasteiger partial charge on any atom is 0.274 e. The highest BCUT2D eigenvalue weighted by atomic mass is 19.1. The monoisotopic (exact) mass is 342 g/mol. The van der Waals surface area contributed by atoms with Gasteiger partial charge in [0.15, 0.2) is 0 Å². The molecule has 130 valence electrons. The predicted molar refractivity (Wildman–Crippen MR) is 89.2 cm³/mol. The van der Waals surface area contributed by atoms with Gasteiger partial charge >= 0.3 is 0 Å². The fourth-order valence-electron chi connectivity index (χ4n) is 2.83. The van der Waals surface area contributed by atoms with Gasteiger partial charge in [0.05, 0.1) is 6.20 Å². The zero-order chi connectivity index (χ0) is 17.6. The van der Waals surface area contributed by atoms with Crippen LogP contribution in [0.15, 0.2) is 42.9 Å². The van der Waals surface area contributed by atoms with Crippen LogP contribution in [0.1, 0.15) is 22.5 Å². The Kier molecular flexibility index (Phi) is 5.33. The summed E-state index contributed by atoms with van der Waals surface area (Å²) in [6.07, 6.45) is 5.29. The number of carbonyl (C=O) groups excluding carboxylic acids is 2. The van der Waals surface area contributed by atoms with Crippen LogP contribution in [0.3, 0.4) is 0 Å². The van der Waals surface area contributed by atoms with Crippen LogP contribution in [0.25, 0.3) is 0 Å². The summed E-state index contributed by atoms with van der Waals surface area (Å²) in [5.74, 6) is -0.433. The van der Waals surface area contributed by atoms with E-state index in [0.717, 1.165) is 5.56 Å². The molecule has 7 heteroatoms. The van der Waals surface area contributed by atoms with Crippen LogP contribution in [0.4, 0.5) is 4.39 Å². The number of piperazine rings is 1. The molecule has 6 nitrogen and oxygen atoms in total. The summed E-state index contributed by atoms with van der Waals surface area (Å²) in [5, 5.41) is 0. The number of hydrogen-bond donors (Lipinski definition) is 0. The van der Waals surface area contributed by atoms with E-state index in [4.69, 9.17) is 0 Å². The fraction of sp³-hybridized carbons (Fsp3) is 0.333. The zero-order valence-electron chi connectivity index (χ0n) is 13.8. The molecule has 0 atom stereocenters. The third-order valence-electron chi connectivity index (χ3n) is 4.22. The van der Waals surface area contributed by atoms with Crippen molar-refractivity contribution in [3.05, 3.63) is 59.9 Å². The quantitative estimate of drug-likeness (QED) is 0.845. The lowest BCUT2D eigenvalue weighted by atomic mass is 10.1. The molecule has 0 radical (unpaired) electrons. The van der Waals surface area contributed by atoms with E-state index < -0.39 is 0 Å². The van der Waals surface area contributed by atoms with Crippen molar-refractivity contribution in [3.63, 3.8) is 0 Å². The summed E-state index contributed by atoms with van der Waals surface area (Å²) in [5.41, 5.74) is 1.12. The van der Waals surface area contributed by atoms with Crippen LogP contribution in [-0.4, -0.2) is 57.8 Å². The average Bonchev–Trinajstić information content (AvgIpc) is 2.66. The molecule has 2 aromatic rings. The number of halogens is 1. The van der Waals surface area contributed by atoms with E-state index in [-0.39, 0.29) is 17.6 Å². The lowest BCUT2D eigenvalue weighted by Gasteiger charge is -2.34. The van der Waals surface area contributed by atoms with Gasteiger partial charge in [-0.2, -0.15) is 0 Å². The summed E-state index contributed by atoms with van der Waals surface area (Å²) in [4.78, 5) is 36.0. The Balaban J connectivity index is 1.48. The maximum absolute atomic E-state index is 13.2. The first-order valence-corrected chi connectivity index (χ1v) is 8.21. The number of aryl methyl sites for hydroxylation is 1. The van der Waals surface area contributed by atoms with E-state index >= 15 is 0 Å². The van der Waals surface area contributed by atoms with Crippen molar-refractivity contribution in [1.29, 1.82) is 0 Å². The van der Waals surface area contributed by atoms with E-state index in [0.29, 0.717) is 44.7 Å². The number of amides is 2. The van der Waals surface area contributed by atoms with Gasteiger partial charge in [-0.3, -0.25) is 14.6 Å². The Morgan fingerprint density at radius 2 is 1.84 bits per heavy atom. The SMILES string of the molecule is O=C(CCc1cccc(F)c1)N1CCN(C(=O)c2cnccn2)CC1. The summed E-state index contributed by atoms with van der Waals surface area (Å²) in [6.45, 7) is 1.93. The Hall–Kier alpha value is -2.83. The summed E-state index contributed by atoms with van der Waals surface area (Å²) < 4.78 is 13.2. The van der Waals surface area contributed by atoms with Crippen LogP contribution in [-0.2, 0) is 11.2 Å². The summed E-state index contributed by atoms with van der Waals surface area (Å²) in [6, 6.07) is 6.29. The van der Waals surface area contributed by atoms with Gasteiger partial charge in [-0.15, -0.1) is 0 Å². The highest BCUT2D eigenvalue weighted by Crippen LogP contribution is 2.11. The normalized spacial score (nSPS) is 14.4. The van der Waals surface area contributed by atoms with Crippen molar-refractivity contribution in [1.82, 2.24) is 19.8 Å². The number of hydrogen-bond acceptors (Lipinski definition) is 4. The van der Waals surface area contributed by atoms with Gasteiger partial charge < -0.3 is 9.80 Å². The highest BCUT2D eigenvalue weighted by Gasteiger charge is 2.25. The summed E-state index contributed by atoms with van der Waals surface area (Å²) in [7, 11) is 0. The van der Waals surface area contributed by atoms with Crippen LogP contribution < -0.4 is 0 Å². The van der Waals surface area contributed by atoms with Gasteiger partial charge in [-0.05, 0) is 24.1 Å². The number of nitrogens with zero attached hydrogens (tertiary/aromatic N) is 4. The molecule has 0 aliphatic carbocycles. The smallest absolute Gasteiger partial charge is 0.274 e. The number of rotatable bonds is 4. The molecule has 2 amide bonds. The molecule has 25 heavy (non-hydrogen) atoms. The Bertz CT molecular complexity index is 746. The van der Waals surface area contributed by atoms with Crippen molar-refractivity contribution in [3.8, 4) is 0 Å². The first-order chi connectivity index (χ1) is 12.1. The average molecular weight is 342 g/mol. The molecule has 1 aromatic heterocycles. The van der Waals surface area contributed by atoms with Crippen LogP contribution in [0.5, 0.6) is 0 Å². The Morgan fingerprint density at radius 1 is 1.08 bits per heavy atom. The largest absolute Gasteiger partial charge is 0.339 e. The second kappa shape index (κ2) is 7.83. The lowest BCUT2D eigenvalue weighted by Crippen LogP contribution is -2.50. The molecule has 1 aliphatic rings. The minimum Gasteiger partial charge on any atom is -0.339 e. The van der Waals surface area contributed by atoms with E-state index in [9.17, 15) is 14.0 Å². The highest BCUT2D eigenvalue weighted by molar-refractivity contribution is 5.92. The molecule has 0 bridgehead atoms. The second-order valence-corrected chi connectivity index (χ2v) is 5.89. The molecule has 2 heterocycles. The van der Waals surface area contributed by atoms with Gasteiger partial charge in [0.25, 0.3) is 5.91 Å². The van der Waals surface area contributed by atoms with Crippen molar-refractivity contribution in [2.24, 2.45) is 0 Å². The molecule has 0 unspecified atom stereocenters. The molecule has 0 spiro atoms. The minimum absolute atomic E-state index is 0.0239. The van der Waals surface area contributed by atoms with Gasteiger partial charge in [0, 0.05) is 45.0 Å². The Morgan fingerprint density at radius 3 is 2.52 bits per heavy atom. The third kappa shape index (κ3) is 4.37. The first-order valence-electron chi connectivity index (χ1n) is 8.21. The molecule has 0 N–H and O–H groups in total. The van der Waals surface area contributed by atoms with Crippen molar-refractivity contribution in [2.75, 3.05) is 26.2 Å². The Labute approximate surface area is 145 Å². The van der Waals surface area contributed by atoms with E-state index in [1.54, 1.807) is 15.9 Å². The van der Waals surface area contributed by atoms with Gasteiger partial charge in [0.2, 0.25) is 5.91 Å².